The molecule has 0 aliphatic carbocycles. The molecule has 1 amide bonds. The molecule has 0 aliphatic rings. The van der Waals surface area contributed by atoms with E-state index in [9.17, 15) is 28.1 Å². The van der Waals surface area contributed by atoms with Crippen LogP contribution in [-0.2, 0) is 11.0 Å². The number of rotatable bonds is 6. The van der Waals surface area contributed by atoms with Gasteiger partial charge in [0, 0.05) is 18.2 Å². The van der Waals surface area contributed by atoms with Crippen molar-refractivity contribution in [1.82, 2.24) is 14.8 Å². The maximum atomic E-state index is 13.2. The van der Waals surface area contributed by atoms with Gasteiger partial charge < -0.3 is 9.88 Å². The number of halogens is 3. The third kappa shape index (κ3) is 4.96. The van der Waals surface area contributed by atoms with Crippen molar-refractivity contribution >= 4 is 29.0 Å². The molecule has 0 saturated heterocycles. The number of nitro groups is 1. The lowest BCUT2D eigenvalue weighted by Crippen LogP contribution is -2.24. The number of alkyl halides is 3. The summed E-state index contributed by atoms with van der Waals surface area (Å²) in [7, 11) is 0. The fourth-order valence-corrected chi connectivity index (χ4v) is 3.06. The lowest BCUT2D eigenvalue weighted by atomic mass is 10.1. The number of anilines is 1. The van der Waals surface area contributed by atoms with Gasteiger partial charge in [-0.3, -0.25) is 14.9 Å². The third-order valence-corrected chi connectivity index (χ3v) is 4.60. The molecule has 27 heavy (non-hydrogen) atoms. The highest BCUT2D eigenvalue weighted by atomic mass is 32.2. The molecule has 1 heterocycles. The summed E-state index contributed by atoms with van der Waals surface area (Å²) >= 11 is 1.04. The van der Waals surface area contributed by atoms with Gasteiger partial charge in [-0.25, -0.2) is 0 Å². The Bertz CT molecular complexity index is 853. The highest BCUT2D eigenvalue weighted by molar-refractivity contribution is 8.00. The maximum absolute atomic E-state index is 13.2. The number of non-ortho nitro benzene ring substituents is 1. The Balaban J connectivity index is 2.21. The molecule has 1 aromatic heterocycles. The fraction of sp³-hybridized carbons (Fsp3) is 0.400. The summed E-state index contributed by atoms with van der Waals surface area (Å²) in [4.78, 5) is 22.1. The Hall–Kier alpha value is -2.63. The molecule has 146 valence electrons. The largest absolute Gasteiger partial charge is 0.418 e. The van der Waals surface area contributed by atoms with Crippen molar-refractivity contribution < 1.29 is 22.9 Å². The van der Waals surface area contributed by atoms with Crippen LogP contribution in [-0.4, -0.2) is 30.8 Å². The topological polar surface area (TPSA) is 103 Å². The van der Waals surface area contributed by atoms with E-state index in [1.165, 1.54) is 13.3 Å². The first-order valence-electron chi connectivity index (χ1n) is 7.73. The standard InChI is InChI=1S/C15H16F3N5O3S/c1-8(2)22-7-19-21-14(22)27-9(3)13(24)20-12-5-4-10(23(25)26)6-11(12)15(16,17)18/h4-9H,1-3H3,(H,20,24)/t9-/m1/s1. The summed E-state index contributed by atoms with van der Waals surface area (Å²) < 4.78 is 41.3. The number of nitro benzene ring substituents is 1. The Labute approximate surface area is 156 Å². The zero-order chi connectivity index (χ0) is 20.4. The molecule has 0 aliphatic heterocycles. The van der Waals surface area contributed by atoms with E-state index in [0.717, 1.165) is 23.9 Å². The van der Waals surface area contributed by atoms with Crippen LogP contribution in [0, 0.1) is 10.1 Å². The zero-order valence-corrected chi connectivity index (χ0v) is 15.3. The van der Waals surface area contributed by atoms with Gasteiger partial charge in [0.2, 0.25) is 5.91 Å². The molecule has 0 fully saturated rings. The Morgan fingerprint density at radius 3 is 2.56 bits per heavy atom. The molecule has 0 spiro atoms. The van der Waals surface area contributed by atoms with Gasteiger partial charge in [-0.2, -0.15) is 13.2 Å². The summed E-state index contributed by atoms with van der Waals surface area (Å²) in [5, 5.41) is 20.2. The fourth-order valence-electron chi connectivity index (χ4n) is 2.11. The normalized spacial score (nSPS) is 12.9. The lowest BCUT2D eigenvalue weighted by molar-refractivity contribution is -0.385. The summed E-state index contributed by atoms with van der Waals surface area (Å²) in [5.41, 5.74) is -2.55. The molecule has 2 rings (SSSR count). The minimum atomic E-state index is -4.86. The van der Waals surface area contributed by atoms with E-state index in [4.69, 9.17) is 0 Å². The Morgan fingerprint density at radius 2 is 2.00 bits per heavy atom. The van der Waals surface area contributed by atoms with Crippen LogP contribution in [0.4, 0.5) is 24.5 Å². The van der Waals surface area contributed by atoms with E-state index in [1.807, 2.05) is 13.8 Å². The van der Waals surface area contributed by atoms with Crippen LogP contribution in [0.1, 0.15) is 32.4 Å². The first-order valence-corrected chi connectivity index (χ1v) is 8.61. The van der Waals surface area contributed by atoms with Gasteiger partial charge in [0.1, 0.15) is 6.33 Å². The predicted molar refractivity (Wildman–Crippen MR) is 92.5 cm³/mol. The number of nitrogens with one attached hydrogen (secondary N) is 1. The van der Waals surface area contributed by atoms with Crippen molar-refractivity contribution in [2.75, 3.05) is 5.32 Å². The number of carbonyl (C=O) groups excluding carboxylic acids is 1. The van der Waals surface area contributed by atoms with Crippen LogP contribution in [0.15, 0.2) is 29.7 Å². The quantitative estimate of drug-likeness (QED) is 0.446. The molecule has 2 aromatic rings. The number of hydrogen-bond donors (Lipinski definition) is 1. The number of amides is 1. The van der Waals surface area contributed by atoms with Gasteiger partial charge in [0.05, 0.1) is 21.4 Å². The third-order valence-electron chi connectivity index (χ3n) is 3.53. The highest BCUT2D eigenvalue weighted by Gasteiger charge is 2.36. The van der Waals surface area contributed by atoms with E-state index in [0.29, 0.717) is 11.2 Å². The second-order valence-corrected chi connectivity index (χ2v) is 7.16. The molecular formula is C15H16F3N5O3S. The van der Waals surface area contributed by atoms with Crippen LogP contribution in [0.25, 0.3) is 0 Å². The number of carbonyl (C=O) groups is 1. The van der Waals surface area contributed by atoms with E-state index in [2.05, 4.69) is 15.5 Å². The van der Waals surface area contributed by atoms with Crippen molar-refractivity contribution in [3.63, 3.8) is 0 Å². The van der Waals surface area contributed by atoms with Gasteiger partial charge >= 0.3 is 6.18 Å². The van der Waals surface area contributed by atoms with Gasteiger partial charge in [-0.1, -0.05) is 11.8 Å². The monoisotopic (exact) mass is 403 g/mol. The SMILES string of the molecule is CC(C)n1cnnc1S[C@H](C)C(=O)Nc1ccc([N+](=O)[O-])cc1C(F)(F)F. The van der Waals surface area contributed by atoms with Crippen molar-refractivity contribution in [2.45, 2.75) is 43.4 Å². The molecular weight excluding hydrogens is 387 g/mol. The number of aromatic nitrogens is 3. The average Bonchev–Trinajstić information content (AvgIpc) is 3.02. The molecule has 8 nitrogen and oxygen atoms in total. The van der Waals surface area contributed by atoms with E-state index in [1.54, 1.807) is 4.57 Å². The first kappa shape index (κ1) is 20.7. The van der Waals surface area contributed by atoms with Crippen LogP contribution < -0.4 is 5.32 Å². The molecule has 0 saturated carbocycles. The number of thioether (sulfide) groups is 1. The molecule has 0 radical (unpaired) electrons. The van der Waals surface area contributed by atoms with Crippen molar-refractivity contribution in [2.24, 2.45) is 0 Å². The van der Waals surface area contributed by atoms with Gasteiger partial charge in [0.15, 0.2) is 5.16 Å². The number of nitrogens with zero attached hydrogens (tertiary/aromatic N) is 4. The molecule has 0 bridgehead atoms. The second-order valence-electron chi connectivity index (χ2n) is 5.85. The molecule has 0 unspecified atom stereocenters. The predicted octanol–water partition coefficient (Wildman–Crippen LogP) is 3.91. The van der Waals surface area contributed by atoms with E-state index in [-0.39, 0.29) is 6.04 Å². The second kappa shape index (κ2) is 7.94. The Kier molecular flexibility index (Phi) is 6.08. The summed E-state index contributed by atoms with van der Waals surface area (Å²) in [6.07, 6.45) is -3.36. The molecule has 1 N–H and O–H groups in total. The zero-order valence-electron chi connectivity index (χ0n) is 14.5. The van der Waals surface area contributed by atoms with Crippen LogP contribution in [0.5, 0.6) is 0 Å². The number of benzene rings is 1. The number of hydrogen-bond acceptors (Lipinski definition) is 6. The maximum Gasteiger partial charge on any atom is 0.418 e. The van der Waals surface area contributed by atoms with Gasteiger partial charge in [-0.05, 0) is 26.8 Å². The van der Waals surface area contributed by atoms with E-state index >= 15 is 0 Å². The Morgan fingerprint density at radius 1 is 1.33 bits per heavy atom. The molecule has 12 heteroatoms. The van der Waals surface area contributed by atoms with E-state index < -0.39 is 39.2 Å². The van der Waals surface area contributed by atoms with Crippen LogP contribution >= 0.6 is 11.8 Å². The minimum absolute atomic E-state index is 0.0456. The van der Waals surface area contributed by atoms with Crippen molar-refractivity contribution in [1.29, 1.82) is 0 Å². The molecule has 1 atom stereocenters. The van der Waals surface area contributed by atoms with Gasteiger partial charge in [-0.15, -0.1) is 10.2 Å². The minimum Gasteiger partial charge on any atom is -0.325 e. The summed E-state index contributed by atoms with van der Waals surface area (Å²) in [5.74, 6) is -0.697. The van der Waals surface area contributed by atoms with Gasteiger partial charge in [0.25, 0.3) is 5.69 Å². The van der Waals surface area contributed by atoms with Crippen molar-refractivity contribution in [3.05, 3.63) is 40.2 Å². The van der Waals surface area contributed by atoms with Crippen LogP contribution in [0.2, 0.25) is 0 Å². The lowest BCUT2D eigenvalue weighted by Gasteiger charge is -2.16. The highest BCUT2D eigenvalue weighted by Crippen LogP contribution is 2.37. The van der Waals surface area contributed by atoms with Crippen LogP contribution in [0.3, 0.4) is 0 Å². The smallest absolute Gasteiger partial charge is 0.325 e. The summed E-state index contributed by atoms with van der Waals surface area (Å²) in [6, 6.07) is 2.21. The van der Waals surface area contributed by atoms with Crippen molar-refractivity contribution in [3.8, 4) is 0 Å². The summed E-state index contributed by atoms with van der Waals surface area (Å²) in [6.45, 7) is 5.30. The average molecular weight is 403 g/mol. The first-order chi connectivity index (χ1) is 12.5. The molecule has 1 aromatic carbocycles.